The van der Waals surface area contributed by atoms with Gasteiger partial charge in [-0.15, -0.1) is 0 Å². The summed E-state index contributed by atoms with van der Waals surface area (Å²) >= 11 is 0. The van der Waals surface area contributed by atoms with Crippen molar-refractivity contribution in [2.75, 3.05) is 13.2 Å². The van der Waals surface area contributed by atoms with Gasteiger partial charge in [0, 0.05) is 0 Å². The number of fused-ring (bicyclic) bond motifs is 2. The van der Waals surface area contributed by atoms with Gasteiger partial charge in [0.25, 0.3) is 0 Å². The van der Waals surface area contributed by atoms with Gasteiger partial charge >= 0.3 is 0 Å². The SMILES string of the molecule is OCC1=C[C@H](N[C@@H]2[C@H](O)[C@H](O)[C@@H]3OC[C@H]2O3)[C@H](O)[C@@H](O)[C@@H]1O. The normalized spacial score (nSPS) is 51.7. The highest BCUT2D eigenvalue weighted by molar-refractivity contribution is 5.22. The summed E-state index contributed by atoms with van der Waals surface area (Å²) in [5, 5.41) is 61.8. The topological polar surface area (TPSA) is 152 Å². The van der Waals surface area contributed by atoms with Crippen LogP contribution in [-0.4, -0.2) is 98.9 Å². The Morgan fingerprint density at radius 2 is 1.77 bits per heavy atom. The number of hydrogen-bond donors (Lipinski definition) is 7. The molecule has 2 bridgehead atoms. The van der Waals surface area contributed by atoms with Crippen molar-refractivity contribution in [1.82, 2.24) is 5.32 Å². The molecule has 0 radical (unpaired) electrons. The van der Waals surface area contributed by atoms with E-state index in [2.05, 4.69) is 5.32 Å². The summed E-state index contributed by atoms with van der Waals surface area (Å²) in [6.07, 6.45) is -6.53. The van der Waals surface area contributed by atoms with Crippen molar-refractivity contribution in [3.05, 3.63) is 11.6 Å². The summed E-state index contributed by atoms with van der Waals surface area (Å²) in [6.45, 7) is -0.287. The molecule has 0 spiro atoms. The fourth-order valence-electron chi connectivity index (χ4n) is 3.17. The molecule has 2 heterocycles. The molecule has 22 heavy (non-hydrogen) atoms. The predicted octanol–water partition coefficient (Wildman–Crippen LogP) is -4.19. The monoisotopic (exact) mass is 319 g/mol. The predicted molar refractivity (Wildman–Crippen MR) is 70.5 cm³/mol. The van der Waals surface area contributed by atoms with Crippen LogP contribution in [0.2, 0.25) is 0 Å². The van der Waals surface area contributed by atoms with E-state index < -0.39 is 61.6 Å². The Bertz CT molecular complexity index is 446. The van der Waals surface area contributed by atoms with Gasteiger partial charge in [0.15, 0.2) is 6.29 Å². The first-order valence-corrected chi connectivity index (χ1v) is 7.19. The van der Waals surface area contributed by atoms with Crippen LogP contribution in [0.1, 0.15) is 0 Å². The van der Waals surface area contributed by atoms with Gasteiger partial charge in [0.05, 0.1) is 25.3 Å². The molecule has 0 saturated carbocycles. The van der Waals surface area contributed by atoms with Crippen LogP contribution < -0.4 is 5.32 Å². The largest absolute Gasteiger partial charge is 0.392 e. The summed E-state index contributed by atoms with van der Waals surface area (Å²) in [5.41, 5.74) is 0.169. The van der Waals surface area contributed by atoms with Gasteiger partial charge in [-0.2, -0.15) is 0 Å². The minimum Gasteiger partial charge on any atom is -0.392 e. The number of aliphatic hydroxyl groups is 6. The van der Waals surface area contributed by atoms with Crippen LogP contribution in [-0.2, 0) is 9.47 Å². The first-order chi connectivity index (χ1) is 10.4. The summed E-state index contributed by atoms with van der Waals surface area (Å²) < 4.78 is 10.6. The van der Waals surface area contributed by atoms with E-state index in [1.165, 1.54) is 6.08 Å². The van der Waals surface area contributed by atoms with E-state index in [-0.39, 0.29) is 12.2 Å². The number of aliphatic hydroxyl groups excluding tert-OH is 6. The maximum Gasteiger partial charge on any atom is 0.186 e. The average Bonchev–Trinajstić information content (AvgIpc) is 2.96. The second-order valence-electron chi connectivity index (χ2n) is 5.90. The minimum absolute atomic E-state index is 0.169. The van der Waals surface area contributed by atoms with Crippen LogP contribution in [0.3, 0.4) is 0 Å². The summed E-state index contributed by atoms with van der Waals surface area (Å²) in [6, 6.07) is -1.56. The van der Waals surface area contributed by atoms with Crippen LogP contribution in [0.15, 0.2) is 11.6 Å². The van der Waals surface area contributed by atoms with Gasteiger partial charge in [-0.25, -0.2) is 0 Å². The van der Waals surface area contributed by atoms with E-state index in [9.17, 15) is 30.6 Å². The van der Waals surface area contributed by atoms with Crippen LogP contribution in [0.5, 0.6) is 0 Å². The Morgan fingerprint density at radius 1 is 1.05 bits per heavy atom. The molecule has 0 amide bonds. The van der Waals surface area contributed by atoms with Gasteiger partial charge < -0.3 is 45.4 Å². The zero-order valence-corrected chi connectivity index (χ0v) is 11.7. The van der Waals surface area contributed by atoms with Gasteiger partial charge in [-0.3, -0.25) is 0 Å². The molecule has 7 N–H and O–H groups in total. The first-order valence-electron chi connectivity index (χ1n) is 7.19. The lowest BCUT2D eigenvalue weighted by atomic mass is 9.86. The third-order valence-electron chi connectivity index (χ3n) is 4.51. The fourth-order valence-corrected chi connectivity index (χ4v) is 3.17. The lowest BCUT2D eigenvalue weighted by Crippen LogP contribution is -2.65. The number of hydrogen-bond acceptors (Lipinski definition) is 9. The molecular formula is C13H21NO8. The summed E-state index contributed by atoms with van der Waals surface area (Å²) in [5.74, 6) is 0. The second kappa shape index (κ2) is 6.11. The number of rotatable bonds is 3. The molecule has 0 aromatic rings. The van der Waals surface area contributed by atoms with Crippen LogP contribution in [0.25, 0.3) is 0 Å². The van der Waals surface area contributed by atoms with E-state index in [0.29, 0.717) is 0 Å². The smallest absolute Gasteiger partial charge is 0.186 e. The molecule has 3 aliphatic rings. The number of nitrogens with one attached hydrogen (secondary N) is 1. The van der Waals surface area contributed by atoms with Gasteiger partial charge in [0.1, 0.15) is 36.6 Å². The molecule has 2 fully saturated rings. The lowest BCUT2D eigenvalue weighted by molar-refractivity contribution is -0.204. The van der Waals surface area contributed by atoms with Crippen molar-refractivity contribution in [3.63, 3.8) is 0 Å². The van der Waals surface area contributed by atoms with Gasteiger partial charge in [-0.1, -0.05) is 6.08 Å². The third kappa shape index (κ3) is 2.58. The van der Waals surface area contributed by atoms with Crippen LogP contribution in [0.4, 0.5) is 0 Å². The highest BCUT2D eigenvalue weighted by Gasteiger charge is 2.51. The fraction of sp³-hybridized carbons (Fsp3) is 0.846. The van der Waals surface area contributed by atoms with Crippen molar-refractivity contribution in [2.24, 2.45) is 0 Å². The van der Waals surface area contributed by atoms with Crippen molar-refractivity contribution in [1.29, 1.82) is 0 Å². The first kappa shape index (κ1) is 16.2. The zero-order valence-electron chi connectivity index (χ0n) is 11.7. The molecule has 2 saturated heterocycles. The quantitative estimate of drug-likeness (QED) is 0.257. The molecule has 3 rings (SSSR count). The van der Waals surface area contributed by atoms with Crippen molar-refractivity contribution in [2.45, 2.75) is 55.0 Å². The highest BCUT2D eigenvalue weighted by atomic mass is 16.7. The van der Waals surface area contributed by atoms with Crippen molar-refractivity contribution < 1.29 is 40.1 Å². The van der Waals surface area contributed by atoms with E-state index >= 15 is 0 Å². The molecule has 9 atom stereocenters. The summed E-state index contributed by atoms with van der Waals surface area (Å²) in [4.78, 5) is 0. The molecule has 9 nitrogen and oxygen atoms in total. The molecule has 0 unspecified atom stereocenters. The Morgan fingerprint density at radius 3 is 2.45 bits per heavy atom. The Balaban J connectivity index is 1.78. The third-order valence-corrected chi connectivity index (χ3v) is 4.51. The Labute approximate surface area is 126 Å². The van der Waals surface area contributed by atoms with Gasteiger partial charge in [0.2, 0.25) is 0 Å². The lowest BCUT2D eigenvalue weighted by Gasteiger charge is -2.41. The van der Waals surface area contributed by atoms with Crippen LogP contribution >= 0.6 is 0 Å². The van der Waals surface area contributed by atoms with E-state index in [4.69, 9.17) is 9.47 Å². The molecular weight excluding hydrogens is 298 g/mol. The van der Waals surface area contributed by atoms with Crippen LogP contribution in [0, 0.1) is 0 Å². The molecule has 2 aliphatic heterocycles. The van der Waals surface area contributed by atoms with Crippen molar-refractivity contribution >= 4 is 0 Å². The maximum atomic E-state index is 10.1. The average molecular weight is 319 g/mol. The molecule has 9 heteroatoms. The standard InChI is InChI=1S/C13H21NO8/c15-2-4-1-5(9(17)11(19)8(4)16)14-7-6-3-21-13(22-6)12(20)10(7)18/h1,5-20H,2-3H2/t5-,6+,7-,8+,9-,10-,11-,12-,13+/m0/s1. The molecule has 0 aromatic carbocycles. The second-order valence-corrected chi connectivity index (χ2v) is 5.90. The minimum atomic E-state index is -1.47. The van der Waals surface area contributed by atoms with Gasteiger partial charge in [-0.05, 0) is 5.57 Å². The van der Waals surface area contributed by atoms with Crippen molar-refractivity contribution in [3.8, 4) is 0 Å². The Hall–Kier alpha value is -0.620. The molecule has 0 aromatic heterocycles. The van der Waals surface area contributed by atoms with E-state index in [0.717, 1.165) is 0 Å². The zero-order chi connectivity index (χ0) is 16.0. The molecule has 1 aliphatic carbocycles. The molecule has 126 valence electrons. The highest BCUT2D eigenvalue weighted by Crippen LogP contribution is 2.29. The van der Waals surface area contributed by atoms with E-state index in [1.54, 1.807) is 0 Å². The Kier molecular flexibility index (Phi) is 4.52. The maximum absolute atomic E-state index is 10.1. The number of ether oxygens (including phenoxy) is 2. The summed E-state index contributed by atoms with van der Waals surface area (Å²) in [7, 11) is 0. The van der Waals surface area contributed by atoms with E-state index in [1.807, 2.05) is 0 Å².